The molecule has 1 aromatic heterocycles. The predicted octanol–water partition coefficient (Wildman–Crippen LogP) is 2.44. The largest absolute Gasteiger partial charge is 0.573 e. The van der Waals surface area contributed by atoms with Crippen LogP contribution in [0.1, 0.15) is 11.4 Å². The third kappa shape index (κ3) is 4.44. The summed E-state index contributed by atoms with van der Waals surface area (Å²) < 4.78 is 50.1. The molecule has 1 heterocycles. The lowest BCUT2D eigenvalue weighted by Gasteiger charge is -2.15. The number of carbonyl (C=O) groups excluding carboxylic acids is 1. The van der Waals surface area contributed by atoms with Crippen LogP contribution in [0.5, 0.6) is 11.5 Å². The molecule has 5 nitrogen and oxygen atoms in total. The number of methoxy groups -OCH3 is 2. The van der Waals surface area contributed by atoms with E-state index in [2.05, 4.69) is 14.5 Å². The van der Waals surface area contributed by atoms with Crippen LogP contribution in [0.2, 0.25) is 0 Å². The number of carbonyl (C=O) groups is 1. The topological polar surface area (TPSA) is 57.7 Å². The lowest BCUT2D eigenvalue weighted by atomic mass is 10.2. The van der Waals surface area contributed by atoms with Gasteiger partial charge in [-0.3, -0.25) is 4.79 Å². The fourth-order valence-electron chi connectivity index (χ4n) is 1.38. The lowest BCUT2D eigenvalue weighted by Crippen LogP contribution is -2.20. The summed E-state index contributed by atoms with van der Waals surface area (Å²) in [4.78, 5) is 15.0. The maximum atomic E-state index is 12.3. The van der Waals surface area contributed by atoms with Gasteiger partial charge in [0.1, 0.15) is 5.75 Å². The van der Waals surface area contributed by atoms with Crippen LogP contribution < -0.4 is 9.47 Å². The van der Waals surface area contributed by atoms with E-state index in [1.165, 1.54) is 7.11 Å². The van der Waals surface area contributed by atoms with Crippen molar-refractivity contribution in [1.82, 2.24) is 4.98 Å². The Hall–Kier alpha value is -1.70. The highest BCUT2D eigenvalue weighted by Crippen LogP contribution is 2.31. The molecule has 0 amide bonds. The van der Waals surface area contributed by atoms with Crippen LogP contribution in [-0.2, 0) is 21.8 Å². The van der Waals surface area contributed by atoms with Crippen molar-refractivity contribution in [2.24, 2.45) is 0 Å². The van der Waals surface area contributed by atoms with E-state index in [1.54, 1.807) is 0 Å². The van der Waals surface area contributed by atoms with E-state index in [0.717, 1.165) is 13.2 Å². The first kappa shape index (κ1) is 16.4. The number of ether oxygens (including phenoxy) is 3. The highest BCUT2D eigenvalue weighted by molar-refractivity contribution is 6.17. The molecule has 0 radical (unpaired) electrons. The Labute approximate surface area is 117 Å². The molecule has 0 saturated heterocycles. The van der Waals surface area contributed by atoms with Gasteiger partial charge in [0.25, 0.3) is 0 Å². The number of halogens is 4. The molecule has 0 unspecified atom stereocenters. The van der Waals surface area contributed by atoms with E-state index in [4.69, 9.17) is 16.3 Å². The number of hydrogen-bond donors (Lipinski definition) is 0. The van der Waals surface area contributed by atoms with Crippen LogP contribution >= 0.6 is 11.6 Å². The van der Waals surface area contributed by atoms with Gasteiger partial charge in [-0.25, -0.2) is 4.98 Å². The minimum absolute atomic E-state index is 0.0351. The van der Waals surface area contributed by atoms with E-state index < -0.39 is 24.5 Å². The number of rotatable bonds is 5. The van der Waals surface area contributed by atoms with Gasteiger partial charge in [-0.1, -0.05) is 0 Å². The molecule has 9 heteroatoms. The highest BCUT2D eigenvalue weighted by atomic mass is 35.5. The molecule has 0 aliphatic carbocycles. The zero-order valence-electron chi connectivity index (χ0n) is 10.6. The minimum atomic E-state index is -4.92. The molecule has 112 valence electrons. The van der Waals surface area contributed by atoms with Crippen molar-refractivity contribution in [2.45, 2.75) is 18.7 Å². The molecule has 1 rings (SSSR count). The van der Waals surface area contributed by atoms with Crippen LogP contribution in [0.4, 0.5) is 13.2 Å². The summed E-state index contributed by atoms with van der Waals surface area (Å²) in [6.07, 6.45) is -5.39. The standard InChI is InChI=1S/C11H11ClF3NO4/c1-18-8-4-9(20-11(13,14)15)6(3-10(17)19-2)16-7(8)5-12/h4H,3,5H2,1-2H3. The van der Waals surface area contributed by atoms with Crippen LogP contribution in [0.15, 0.2) is 6.07 Å². The maximum Gasteiger partial charge on any atom is 0.573 e. The third-order valence-electron chi connectivity index (χ3n) is 2.21. The monoisotopic (exact) mass is 313 g/mol. The second-order valence-corrected chi connectivity index (χ2v) is 3.78. The summed E-state index contributed by atoms with van der Waals surface area (Å²) >= 11 is 5.62. The van der Waals surface area contributed by atoms with Crippen molar-refractivity contribution in [3.63, 3.8) is 0 Å². The number of pyridine rings is 1. The molecule has 0 saturated carbocycles. The molecule has 0 bridgehead atoms. The lowest BCUT2D eigenvalue weighted by molar-refractivity contribution is -0.275. The molecule has 0 aromatic carbocycles. The van der Waals surface area contributed by atoms with E-state index in [9.17, 15) is 18.0 Å². The minimum Gasteiger partial charge on any atom is -0.495 e. The van der Waals surface area contributed by atoms with Crippen LogP contribution in [0, 0.1) is 0 Å². The quantitative estimate of drug-likeness (QED) is 0.617. The molecule has 0 atom stereocenters. The van der Waals surface area contributed by atoms with Crippen molar-refractivity contribution >= 4 is 17.6 Å². The summed E-state index contributed by atoms with van der Waals surface area (Å²) in [5.74, 6) is -1.44. The first-order valence-electron chi connectivity index (χ1n) is 5.26. The van der Waals surface area contributed by atoms with Crippen LogP contribution in [0.3, 0.4) is 0 Å². The molecule has 0 aliphatic heterocycles. The number of esters is 1. The van der Waals surface area contributed by atoms with Crippen molar-refractivity contribution in [2.75, 3.05) is 14.2 Å². The van der Waals surface area contributed by atoms with Gasteiger partial charge in [0.15, 0.2) is 5.75 Å². The number of hydrogen-bond acceptors (Lipinski definition) is 5. The fourth-order valence-corrected chi connectivity index (χ4v) is 1.57. The summed E-state index contributed by atoms with van der Waals surface area (Å²) in [6.45, 7) is 0. The van der Waals surface area contributed by atoms with Gasteiger partial charge in [0.2, 0.25) is 0 Å². The zero-order valence-corrected chi connectivity index (χ0v) is 11.3. The van der Waals surface area contributed by atoms with Crippen molar-refractivity contribution < 1.29 is 32.2 Å². The smallest absolute Gasteiger partial charge is 0.495 e. The normalized spacial score (nSPS) is 11.1. The van der Waals surface area contributed by atoms with Gasteiger partial charge in [0, 0.05) is 6.07 Å². The Morgan fingerprint density at radius 3 is 2.40 bits per heavy atom. The van der Waals surface area contributed by atoms with Gasteiger partial charge in [0.05, 0.1) is 37.9 Å². The summed E-state index contributed by atoms with van der Waals surface area (Å²) in [6, 6.07) is 0.983. The van der Waals surface area contributed by atoms with Crippen molar-refractivity contribution in [1.29, 1.82) is 0 Å². The Morgan fingerprint density at radius 1 is 1.30 bits per heavy atom. The Morgan fingerprint density at radius 2 is 1.95 bits per heavy atom. The third-order valence-corrected chi connectivity index (χ3v) is 2.47. The van der Waals surface area contributed by atoms with Gasteiger partial charge in [-0.15, -0.1) is 24.8 Å². The molecule has 20 heavy (non-hydrogen) atoms. The van der Waals surface area contributed by atoms with Crippen LogP contribution in [0.25, 0.3) is 0 Å². The molecular weight excluding hydrogens is 303 g/mol. The Kier molecular flexibility index (Phi) is 5.43. The molecule has 0 fully saturated rings. The summed E-state index contributed by atoms with van der Waals surface area (Å²) in [5, 5.41) is 0. The van der Waals surface area contributed by atoms with E-state index in [-0.39, 0.29) is 23.0 Å². The SMILES string of the molecule is COC(=O)Cc1nc(CCl)c(OC)cc1OC(F)(F)F. The van der Waals surface area contributed by atoms with Gasteiger partial charge in [-0.2, -0.15) is 0 Å². The average molecular weight is 314 g/mol. The molecule has 1 aromatic rings. The first-order valence-corrected chi connectivity index (χ1v) is 5.79. The zero-order chi connectivity index (χ0) is 15.3. The van der Waals surface area contributed by atoms with E-state index in [1.807, 2.05) is 0 Å². The van der Waals surface area contributed by atoms with Gasteiger partial charge >= 0.3 is 12.3 Å². The highest BCUT2D eigenvalue weighted by Gasteiger charge is 2.33. The Bertz CT molecular complexity index is 493. The molecule has 0 N–H and O–H groups in total. The van der Waals surface area contributed by atoms with Gasteiger partial charge < -0.3 is 14.2 Å². The van der Waals surface area contributed by atoms with Crippen LogP contribution in [-0.4, -0.2) is 31.5 Å². The predicted molar refractivity (Wildman–Crippen MR) is 62.7 cm³/mol. The Balaban J connectivity index is 3.25. The van der Waals surface area contributed by atoms with Gasteiger partial charge in [-0.05, 0) is 0 Å². The molecular formula is C11H11ClF3NO4. The molecule has 0 spiro atoms. The molecule has 0 aliphatic rings. The van der Waals surface area contributed by atoms with Crippen molar-refractivity contribution in [3.8, 4) is 11.5 Å². The van der Waals surface area contributed by atoms with E-state index in [0.29, 0.717) is 0 Å². The summed E-state index contributed by atoms with van der Waals surface area (Å²) in [5.41, 5.74) is -0.0341. The average Bonchev–Trinajstić information content (AvgIpc) is 2.38. The number of nitrogens with zero attached hydrogens (tertiary/aromatic N) is 1. The summed E-state index contributed by atoms with van der Waals surface area (Å²) in [7, 11) is 2.36. The fraction of sp³-hybridized carbons (Fsp3) is 0.455. The first-order chi connectivity index (χ1) is 9.30. The number of alkyl halides is 4. The van der Waals surface area contributed by atoms with E-state index >= 15 is 0 Å². The second-order valence-electron chi connectivity index (χ2n) is 3.52. The number of aromatic nitrogens is 1. The van der Waals surface area contributed by atoms with Crippen molar-refractivity contribution in [3.05, 3.63) is 17.5 Å². The second kappa shape index (κ2) is 6.65. The maximum absolute atomic E-state index is 12.3.